The van der Waals surface area contributed by atoms with Crippen molar-refractivity contribution in [3.05, 3.63) is 28.8 Å². The van der Waals surface area contributed by atoms with Crippen molar-refractivity contribution in [3.63, 3.8) is 0 Å². The minimum atomic E-state index is 0.0296. The van der Waals surface area contributed by atoms with Gasteiger partial charge >= 0.3 is 0 Å². The number of hydrogen-bond acceptors (Lipinski definition) is 2. The molecule has 0 saturated heterocycles. The standard InChI is InChI=1S/C12H20N2/c1-8-5-10(14)6-9(2)11(8)12(3,4)7-13/h5-6H,7,13-14H2,1-4H3. The number of hydrogen-bond donors (Lipinski definition) is 2. The quantitative estimate of drug-likeness (QED) is 0.705. The molecule has 2 nitrogen and oxygen atoms in total. The molecule has 0 bridgehead atoms. The minimum absolute atomic E-state index is 0.0296. The van der Waals surface area contributed by atoms with Crippen molar-refractivity contribution < 1.29 is 0 Å². The molecule has 0 aliphatic heterocycles. The summed E-state index contributed by atoms with van der Waals surface area (Å²) in [4.78, 5) is 0. The SMILES string of the molecule is Cc1cc(N)cc(C)c1C(C)(C)CN. The maximum absolute atomic E-state index is 5.78. The van der Waals surface area contributed by atoms with Crippen LogP contribution in [0, 0.1) is 13.8 Å². The largest absolute Gasteiger partial charge is 0.399 e. The summed E-state index contributed by atoms with van der Waals surface area (Å²) in [6.07, 6.45) is 0. The van der Waals surface area contributed by atoms with Gasteiger partial charge in [-0.25, -0.2) is 0 Å². The van der Waals surface area contributed by atoms with Crippen LogP contribution in [0.3, 0.4) is 0 Å². The highest BCUT2D eigenvalue weighted by atomic mass is 14.6. The summed E-state index contributed by atoms with van der Waals surface area (Å²) < 4.78 is 0. The molecule has 0 saturated carbocycles. The van der Waals surface area contributed by atoms with Gasteiger partial charge < -0.3 is 11.5 Å². The third-order valence-corrected chi connectivity index (χ3v) is 2.74. The Morgan fingerprint density at radius 3 is 1.93 bits per heavy atom. The molecule has 0 aromatic heterocycles. The molecule has 4 N–H and O–H groups in total. The summed E-state index contributed by atoms with van der Waals surface area (Å²) in [6, 6.07) is 4.03. The van der Waals surface area contributed by atoms with E-state index in [2.05, 4.69) is 27.7 Å². The maximum atomic E-state index is 5.78. The zero-order valence-electron chi connectivity index (χ0n) is 9.52. The molecule has 78 valence electrons. The number of nitrogens with two attached hydrogens (primary N) is 2. The van der Waals surface area contributed by atoms with Crippen LogP contribution in [0.1, 0.15) is 30.5 Å². The first-order chi connectivity index (χ1) is 6.38. The van der Waals surface area contributed by atoms with Crippen molar-refractivity contribution in [2.75, 3.05) is 12.3 Å². The van der Waals surface area contributed by atoms with E-state index in [-0.39, 0.29) is 5.41 Å². The van der Waals surface area contributed by atoms with Crippen LogP contribution in [0.25, 0.3) is 0 Å². The monoisotopic (exact) mass is 192 g/mol. The lowest BCUT2D eigenvalue weighted by molar-refractivity contribution is 0.532. The fourth-order valence-electron chi connectivity index (χ4n) is 2.17. The zero-order valence-corrected chi connectivity index (χ0v) is 9.52. The summed E-state index contributed by atoms with van der Waals surface area (Å²) in [5.74, 6) is 0. The first-order valence-electron chi connectivity index (χ1n) is 4.96. The molecule has 0 unspecified atom stereocenters. The number of anilines is 1. The molecule has 0 aliphatic rings. The number of aryl methyl sites for hydroxylation is 2. The van der Waals surface area contributed by atoms with Gasteiger partial charge in [-0.15, -0.1) is 0 Å². The van der Waals surface area contributed by atoms with Crippen molar-refractivity contribution in [2.24, 2.45) is 5.73 Å². The number of nitrogen functional groups attached to an aromatic ring is 1. The molecule has 0 radical (unpaired) electrons. The molecule has 0 amide bonds. The first-order valence-corrected chi connectivity index (χ1v) is 4.96. The Labute approximate surface area is 86.3 Å². The fourth-order valence-corrected chi connectivity index (χ4v) is 2.17. The highest BCUT2D eigenvalue weighted by Crippen LogP contribution is 2.29. The molecule has 0 aliphatic carbocycles. The third kappa shape index (κ3) is 1.90. The summed E-state index contributed by atoms with van der Waals surface area (Å²) >= 11 is 0. The van der Waals surface area contributed by atoms with E-state index in [1.807, 2.05) is 12.1 Å². The predicted molar refractivity (Wildman–Crippen MR) is 62.4 cm³/mol. The second-order valence-corrected chi connectivity index (χ2v) is 4.62. The van der Waals surface area contributed by atoms with Gasteiger partial charge in [0.05, 0.1) is 0 Å². The Morgan fingerprint density at radius 1 is 1.14 bits per heavy atom. The molecule has 1 aromatic rings. The first kappa shape index (κ1) is 11.1. The number of rotatable bonds is 2. The Balaban J connectivity index is 3.35. The predicted octanol–water partition coefficient (Wildman–Crippen LogP) is 2.12. The third-order valence-electron chi connectivity index (χ3n) is 2.74. The van der Waals surface area contributed by atoms with Gasteiger partial charge in [-0.3, -0.25) is 0 Å². The highest BCUT2D eigenvalue weighted by molar-refractivity contribution is 5.51. The van der Waals surface area contributed by atoms with E-state index >= 15 is 0 Å². The van der Waals surface area contributed by atoms with Crippen LogP contribution in [0.5, 0.6) is 0 Å². The molecule has 1 rings (SSSR count). The topological polar surface area (TPSA) is 52.0 Å². The lowest BCUT2D eigenvalue weighted by Crippen LogP contribution is -2.30. The molecule has 0 heterocycles. The zero-order chi connectivity index (χ0) is 10.9. The van der Waals surface area contributed by atoms with Gasteiger partial charge in [-0.05, 0) is 42.7 Å². The van der Waals surface area contributed by atoms with Crippen LogP contribution in [-0.2, 0) is 5.41 Å². The summed E-state index contributed by atoms with van der Waals surface area (Å²) in [5, 5.41) is 0. The smallest absolute Gasteiger partial charge is 0.0319 e. The van der Waals surface area contributed by atoms with Gasteiger partial charge in [-0.1, -0.05) is 13.8 Å². The molecule has 14 heavy (non-hydrogen) atoms. The highest BCUT2D eigenvalue weighted by Gasteiger charge is 2.22. The Hall–Kier alpha value is -1.02. The Morgan fingerprint density at radius 2 is 1.57 bits per heavy atom. The van der Waals surface area contributed by atoms with E-state index < -0.39 is 0 Å². The molecular formula is C12H20N2. The van der Waals surface area contributed by atoms with Gasteiger partial charge in [0.15, 0.2) is 0 Å². The van der Waals surface area contributed by atoms with Crippen LogP contribution in [0.4, 0.5) is 5.69 Å². The van der Waals surface area contributed by atoms with Crippen LogP contribution >= 0.6 is 0 Å². The van der Waals surface area contributed by atoms with Gasteiger partial charge in [0.25, 0.3) is 0 Å². The van der Waals surface area contributed by atoms with E-state index in [0.29, 0.717) is 6.54 Å². The fraction of sp³-hybridized carbons (Fsp3) is 0.500. The summed E-state index contributed by atoms with van der Waals surface area (Å²) in [6.45, 7) is 9.17. The van der Waals surface area contributed by atoms with Crippen LogP contribution in [0.2, 0.25) is 0 Å². The molecular weight excluding hydrogens is 172 g/mol. The molecule has 0 fully saturated rings. The van der Waals surface area contributed by atoms with E-state index in [1.165, 1.54) is 16.7 Å². The van der Waals surface area contributed by atoms with E-state index in [1.54, 1.807) is 0 Å². The van der Waals surface area contributed by atoms with Gasteiger partial charge in [-0.2, -0.15) is 0 Å². The summed E-state index contributed by atoms with van der Waals surface area (Å²) in [5.41, 5.74) is 16.2. The second-order valence-electron chi connectivity index (χ2n) is 4.62. The average molecular weight is 192 g/mol. The van der Waals surface area contributed by atoms with Crippen molar-refractivity contribution in [2.45, 2.75) is 33.1 Å². The summed E-state index contributed by atoms with van der Waals surface area (Å²) in [7, 11) is 0. The van der Waals surface area contributed by atoms with Crippen molar-refractivity contribution in [1.82, 2.24) is 0 Å². The average Bonchev–Trinajstić information content (AvgIpc) is 2.01. The Bertz CT molecular complexity index is 317. The van der Waals surface area contributed by atoms with Crippen LogP contribution in [-0.4, -0.2) is 6.54 Å². The molecule has 0 spiro atoms. The normalized spacial score (nSPS) is 11.8. The van der Waals surface area contributed by atoms with Crippen molar-refractivity contribution in [3.8, 4) is 0 Å². The van der Waals surface area contributed by atoms with Gasteiger partial charge in [0.1, 0.15) is 0 Å². The second kappa shape index (κ2) is 3.62. The van der Waals surface area contributed by atoms with E-state index in [4.69, 9.17) is 11.5 Å². The van der Waals surface area contributed by atoms with Crippen LogP contribution in [0.15, 0.2) is 12.1 Å². The minimum Gasteiger partial charge on any atom is -0.399 e. The molecule has 0 atom stereocenters. The van der Waals surface area contributed by atoms with E-state index in [0.717, 1.165) is 5.69 Å². The van der Waals surface area contributed by atoms with Crippen molar-refractivity contribution in [1.29, 1.82) is 0 Å². The maximum Gasteiger partial charge on any atom is 0.0319 e. The van der Waals surface area contributed by atoms with E-state index in [9.17, 15) is 0 Å². The van der Waals surface area contributed by atoms with Gasteiger partial charge in [0.2, 0.25) is 0 Å². The molecule has 1 aromatic carbocycles. The van der Waals surface area contributed by atoms with Crippen molar-refractivity contribution >= 4 is 5.69 Å². The Kier molecular flexibility index (Phi) is 2.86. The lowest BCUT2D eigenvalue weighted by Gasteiger charge is -2.27. The van der Waals surface area contributed by atoms with Crippen LogP contribution < -0.4 is 11.5 Å². The lowest BCUT2D eigenvalue weighted by atomic mass is 9.79. The number of benzene rings is 1. The molecule has 2 heteroatoms. The van der Waals surface area contributed by atoms with Gasteiger partial charge in [0, 0.05) is 17.6 Å².